The molecule has 1 aromatic carbocycles. The number of nitrogens with one attached hydrogen (secondary N) is 1. The molecule has 112 valence electrons. The molecule has 22 heavy (non-hydrogen) atoms. The highest BCUT2D eigenvalue weighted by Gasteiger charge is 2.10. The SMILES string of the molecule is O=C(COc1ccccc1)Nc1nc2cccc(CO)n2n1. The van der Waals surface area contributed by atoms with Crippen molar-refractivity contribution < 1.29 is 14.6 Å². The second-order valence-corrected chi connectivity index (χ2v) is 4.53. The number of benzene rings is 1. The van der Waals surface area contributed by atoms with E-state index in [0.717, 1.165) is 0 Å². The molecule has 2 aromatic heterocycles. The molecule has 0 atom stereocenters. The van der Waals surface area contributed by atoms with Gasteiger partial charge < -0.3 is 9.84 Å². The predicted octanol–water partition coefficient (Wildman–Crippen LogP) is 1.24. The first-order valence-electron chi connectivity index (χ1n) is 6.69. The first-order chi connectivity index (χ1) is 10.8. The fraction of sp³-hybridized carbons (Fsp3) is 0.133. The lowest BCUT2D eigenvalue weighted by atomic mass is 10.3. The summed E-state index contributed by atoms with van der Waals surface area (Å²) in [7, 11) is 0. The molecule has 0 fully saturated rings. The van der Waals surface area contributed by atoms with Crippen molar-refractivity contribution in [3.8, 4) is 5.75 Å². The average molecular weight is 298 g/mol. The topological polar surface area (TPSA) is 88.8 Å². The highest BCUT2D eigenvalue weighted by Crippen LogP contribution is 2.10. The quantitative estimate of drug-likeness (QED) is 0.740. The normalized spacial score (nSPS) is 10.6. The average Bonchev–Trinajstić information content (AvgIpc) is 2.96. The molecule has 0 aliphatic carbocycles. The third-order valence-electron chi connectivity index (χ3n) is 2.96. The summed E-state index contributed by atoms with van der Waals surface area (Å²) in [6.45, 7) is -0.294. The van der Waals surface area contributed by atoms with Crippen molar-refractivity contribution >= 4 is 17.5 Å². The molecule has 7 nitrogen and oxygen atoms in total. The van der Waals surface area contributed by atoms with E-state index in [1.807, 2.05) is 18.2 Å². The molecule has 1 amide bonds. The fourth-order valence-corrected chi connectivity index (χ4v) is 1.96. The predicted molar refractivity (Wildman–Crippen MR) is 79.5 cm³/mol. The molecule has 0 aliphatic rings. The van der Waals surface area contributed by atoms with Gasteiger partial charge in [0.1, 0.15) is 5.75 Å². The Labute approximate surface area is 126 Å². The molecule has 3 aromatic rings. The third-order valence-corrected chi connectivity index (χ3v) is 2.96. The van der Waals surface area contributed by atoms with Crippen molar-refractivity contribution in [2.75, 3.05) is 11.9 Å². The number of hydrogen-bond acceptors (Lipinski definition) is 5. The number of aromatic nitrogens is 3. The van der Waals surface area contributed by atoms with Gasteiger partial charge in [-0.05, 0) is 24.3 Å². The van der Waals surface area contributed by atoms with Crippen molar-refractivity contribution in [1.29, 1.82) is 0 Å². The Hall–Kier alpha value is -2.93. The van der Waals surface area contributed by atoms with Gasteiger partial charge in [0.05, 0.1) is 12.3 Å². The van der Waals surface area contributed by atoms with Crippen LogP contribution in [0.2, 0.25) is 0 Å². The van der Waals surface area contributed by atoms with Gasteiger partial charge in [-0.1, -0.05) is 24.3 Å². The molecule has 2 N–H and O–H groups in total. The van der Waals surface area contributed by atoms with Gasteiger partial charge in [0.25, 0.3) is 5.91 Å². The van der Waals surface area contributed by atoms with Gasteiger partial charge in [-0.25, -0.2) is 4.52 Å². The molecule has 2 heterocycles. The first-order valence-corrected chi connectivity index (χ1v) is 6.69. The van der Waals surface area contributed by atoms with Gasteiger partial charge in [-0.3, -0.25) is 10.1 Å². The zero-order valence-corrected chi connectivity index (χ0v) is 11.6. The van der Waals surface area contributed by atoms with Crippen LogP contribution in [0, 0.1) is 0 Å². The zero-order chi connectivity index (χ0) is 15.4. The van der Waals surface area contributed by atoms with Gasteiger partial charge in [-0.2, -0.15) is 4.98 Å². The van der Waals surface area contributed by atoms with Crippen LogP contribution in [0.15, 0.2) is 48.5 Å². The van der Waals surface area contributed by atoms with E-state index in [2.05, 4.69) is 15.4 Å². The van der Waals surface area contributed by atoms with Crippen LogP contribution in [-0.4, -0.2) is 32.2 Å². The smallest absolute Gasteiger partial charge is 0.264 e. The molecule has 3 rings (SSSR count). The molecule has 0 saturated heterocycles. The molecule has 0 radical (unpaired) electrons. The molecular weight excluding hydrogens is 284 g/mol. The molecule has 0 aliphatic heterocycles. The first kappa shape index (κ1) is 14.0. The molecule has 0 saturated carbocycles. The number of aliphatic hydroxyl groups excluding tert-OH is 1. The highest BCUT2D eigenvalue weighted by molar-refractivity contribution is 5.90. The number of hydrogen-bond donors (Lipinski definition) is 2. The van der Waals surface area contributed by atoms with Crippen LogP contribution in [-0.2, 0) is 11.4 Å². The lowest BCUT2D eigenvalue weighted by Crippen LogP contribution is -2.20. The zero-order valence-electron chi connectivity index (χ0n) is 11.6. The van der Waals surface area contributed by atoms with Crippen molar-refractivity contribution in [2.24, 2.45) is 0 Å². The minimum absolute atomic E-state index is 0.133. The van der Waals surface area contributed by atoms with E-state index >= 15 is 0 Å². The van der Waals surface area contributed by atoms with Crippen LogP contribution in [0.5, 0.6) is 5.75 Å². The maximum absolute atomic E-state index is 11.8. The van der Waals surface area contributed by atoms with E-state index in [9.17, 15) is 9.90 Å². The fourth-order valence-electron chi connectivity index (χ4n) is 1.96. The minimum Gasteiger partial charge on any atom is -0.484 e. The lowest BCUT2D eigenvalue weighted by Gasteiger charge is -2.04. The Kier molecular flexibility index (Phi) is 3.97. The van der Waals surface area contributed by atoms with E-state index < -0.39 is 0 Å². The monoisotopic (exact) mass is 298 g/mol. The summed E-state index contributed by atoms with van der Waals surface area (Å²) >= 11 is 0. The van der Waals surface area contributed by atoms with Gasteiger partial charge in [0.15, 0.2) is 12.3 Å². The Bertz CT molecular complexity index is 786. The number of pyridine rings is 1. The Morgan fingerprint density at radius 1 is 1.18 bits per heavy atom. The highest BCUT2D eigenvalue weighted by atomic mass is 16.5. The van der Waals surface area contributed by atoms with Gasteiger partial charge >= 0.3 is 0 Å². The third kappa shape index (κ3) is 3.04. The Morgan fingerprint density at radius 2 is 2.00 bits per heavy atom. The van der Waals surface area contributed by atoms with E-state index in [1.54, 1.807) is 30.3 Å². The summed E-state index contributed by atoms with van der Waals surface area (Å²) in [4.78, 5) is 16.0. The van der Waals surface area contributed by atoms with Crippen molar-refractivity contribution in [3.05, 3.63) is 54.2 Å². The standard InChI is InChI=1S/C15H14N4O3/c20-9-11-5-4-8-13-16-15(18-19(11)13)17-14(21)10-22-12-6-2-1-3-7-12/h1-8,20H,9-10H2,(H,17,18,21). The van der Waals surface area contributed by atoms with Crippen molar-refractivity contribution in [1.82, 2.24) is 14.6 Å². The summed E-state index contributed by atoms with van der Waals surface area (Å²) in [5, 5.41) is 15.9. The summed E-state index contributed by atoms with van der Waals surface area (Å²) in [6.07, 6.45) is 0. The van der Waals surface area contributed by atoms with Crippen LogP contribution in [0.1, 0.15) is 5.69 Å². The van der Waals surface area contributed by atoms with Gasteiger partial charge in [0.2, 0.25) is 5.95 Å². The number of fused-ring (bicyclic) bond motifs is 1. The van der Waals surface area contributed by atoms with Crippen LogP contribution >= 0.6 is 0 Å². The summed E-state index contributed by atoms with van der Waals surface area (Å²) in [5.41, 5.74) is 1.14. The minimum atomic E-state index is -0.356. The van der Waals surface area contributed by atoms with Crippen LogP contribution < -0.4 is 10.1 Å². The van der Waals surface area contributed by atoms with Crippen LogP contribution in [0.4, 0.5) is 5.95 Å². The van der Waals surface area contributed by atoms with E-state index in [-0.39, 0.29) is 25.1 Å². The second-order valence-electron chi connectivity index (χ2n) is 4.53. The summed E-state index contributed by atoms with van der Waals surface area (Å²) in [6, 6.07) is 14.3. The van der Waals surface area contributed by atoms with E-state index in [4.69, 9.17) is 4.74 Å². The number of nitrogens with zero attached hydrogens (tertiary/aromatic N) is 3. The molecule has 0 spiro atoms. The molecule has 0 unspecified atom stereocenters. The summed E-state index contributed by atoms with van der Waals surface area (Å²) < 4.78 is 6.82. The largest absolute Gasteiger partial charge is 0.484 e. The summed E-state index contributed by atoms with van der Waals surface area (Å²) in [5.74, 6) is 0.427. The number of rotatable bonds is 5. The number of amides is 1. The number of carbonyl (C=O) groups excluding carboxylic acids is 1. The van der Waals surface area contributed by atoms with E-state index in [0.29, 0.717) is 17.1 Å². The Morgan fingerprint density at radius 3 is 2.77 bits per heavy atom. The maximum Gasteiger partial charge on any atom is 0.264 e. The number of aliphatic hydroxyl groups is 1. The number of carbonyl (C=O) groups is 1. The van der Waals surface area contributed by atoms with Crippen molar-refractivity contribution in [2.45, 2.75) is 6.61 Å². The van der Waals surface area contributed by atoms with E-state index in [1.165, 1.54) is 4.52 Å². The molecule has 0 bridgehead atoms. The van der Waals surface area contributed by atoms with Crippen LogP contribution in [0.25, 0.3) is 5.65 Å². The van der Waals surface area contributed by atoms with Crippen molar-refractivity contribution in [3.63, 3.8) is 0 Å². The number of anilines is 1. The molecular formula is C15H14N4O3. The van der Waals surface area contributed by atoms with Crippen LogP contribution in [0.3, 0.4) is 0 Å². The maximum atomic E-state index is 11.8. The number of para-hydroxylation sites is 1. The second kappa shape index (κ2) is 6.23. The van der Waals surface area contributed by atoms with Gasteiger partial charge in [0, 0.05) is 0 Å². The molecule has 7 heteroatoms. The lowest BCUT2D eigenvalue weighted by molar-refractivity contribution is -0.118. The Balaban J connectivity index is 1.66. The number of ether oxygens (including phenoxy) is 1. The van der Waals surface area contributed by atoms with Gasteiger partial charge in [-0.15, -0.1) is 5.10 Å².